The van der Waals surface area contributed by atoms with Gasteiger partial charge in [0.25, 0.3) is 5.91 Å². The fourth-order valence-electron chi connectivity index (χ4n) is 4.09. The highest BCUT2D eigenvalue weighted by Crippen LogP contribution is 2.25. The Morgan fingerprint density at radius 3 is 3.00 bits per heavy atom. The zero-order chi connectivity index (χ0) is 21.2. The minimum absolute atomic E-state index is 0.0788. The Morgan fingerprint density at radius 2 is 2.16 bits per heavy atom. The lowest BCUT2D eigenvalue weighted by Crippen LogP contribution is -2.40. The van der Waals surface area contributed by atoms with Crippen molar-refractivity contribution in [1.29, 1.82) is 0 Å². The molecule has 1 atom stereocenters. The summed E-state index contributed by atoms with van der Waals surface area (Å²) in [5, 5.41) is 11.2. The highest BCUT2D eigenvalue weighted by molar-refractivity contribution is 5.93. The molecule has 158 valence electrons. The number of rotatable bonds is 5. The predicted molar refractivity (Wildman–Crippen MR) is 113 cm³/mol. The minimum Gasteiger partial charge on any atom is -0.463 e. The van der Waals surface area contributed by atoms with E-state index in [1.54, 1.807) is 18.4 Å². The molecule has 1 saturated heterocycles. The topological polar surface area (TPSA) is 101 Å². The molecule has 5 rings (SSSR count). The molecule has 0 spiro atoms. The van der Waals surface area contributed by atoms with E-state index in [4.69, 9.17) is 8.94 Å². The Bertz CT molecular complexity index is 1180. The van der Waals surface area contributed by atoms with Gasteiger partial charge in [-0.2, -0.15) is 10.1 Å². The van der Waals surface area contributed by atoms with Crippen molar-refractivity contribution in [3.8, 4) is 22.8 Å². The normalized spacial score (nSPS) is 16.5. The third-order valence-electron chi connectivity index (χ3n) is 5.71. The Labute approximate surface area is 179 Å². The fourth-order valence-corrected chi connectivity index (χ4v) is 4.09. The highest BCUT2D eigenvalue weighted by Gasteiger charge is 2.27. The van der Waals surface area contributed by atoms with E-state index in [0.717, 1.165) is 30.5 Å². The number of benzene rings is 1. The Balaban J connectivity index is 1.25. The molecule has 1 aromatic carbocycles. The van der Waals surface area contributed by atoms with E-state index in [1.807, 2.05) is 42.2 Å². The molecule has 0 saturated carbocycles. The molecule has 1 unspecified atom stereocenters. The summed E-state index contributed by atoms with van der Waals surface area (Å²) in [5.41, 5.74) is 3.17. The summed E-state index contributed by atoms with van der Waals surface area (Å²) in [6.07, 6.45) is 4.20. The van der Waals surface area contributed by atoms with Crippen molar-refractivity contribution in [2.24, 2.45) is 5.92 Å². The first-order valence-electron chi connectivity index (χ1n) is 10.4. The molecule has 4 heterocycles. The quantitative estimate of drug-likeness (QED) is 0.524. The second-order valence-electron chi connectivity index (χ2n) is 7.93. The number of furan rings is 1. The van der Waals surface area contributed by atoms with Crippen molar-refractivity contribution >= 4 is 5.91 Å². The van der Waals surface area contributed by atoms with Crippen LogP contribution in [0.4, 0.5) is 0 Å². The van der Waals surface area contributed by atoms with Gasteiger partial charge in [0.2, 0.25) is 11.7 Å². The van der Waals surface area contributed by atoms with Gasteiger partial charge in [-0.25, -0.2) is 0 Å². The highest BCUT2D eigenvalue weighted by atomic mass is 16.5. The second kappa shape index (κ2) is 8.22. The van der Waals surface area contributed by atoms with E-state index in [9.17, 15) is 4.79 Å². The van der Waals surface area contributed by atoms with Crippen LogP contribution in [0, 0.1) is 12.8 Å². The molecule has 1 fully saturated rings. The molecule has 1 amide bonds. The van der Waals surface area contributed by atoms with Gasteiger partial charge in [0, 0.05) is 31.1 Å². The number of aromatic amines is 1. The SMILES string of the molecule is Cc1ccccc1-c1noc(CC2CCCN(C(=O)c3cc(-c4ccco4)[nH]n3)C2)n1. The van der Waals surface area contributed by atoms with E-state index in [0.29, 0.717) is 41.8 Å². The first kappa shape index (κ1) is 19.3. The van der Waals surface area contributed by atoms with Gasteiger partial charge in [-0.15, -0.1) is 0 Å². The van der Waals surface area contributed by atoms with E-state index < -0.39 is 0 Å². The number of aryl methyl sites for hydroxylation is 1. The molecule has 4 aromatic rings. The average molecular weight is 417 g/mol. The van der Waals surface area contributed by atoms with Crippen LogP contribution in [0.1, 0.15) is 34.8 Å². The first-order chi connectivity index (χ1) is 15.2. The maximum absolute atomic E-state index is 13.0. The summed E-state index contributed by atoms with van der Waals surface area (Å²) in [4.78, 5) is 19.4. The van der Waals surface area contributed by atoms with E-state index in [2.05, 4.69) is 20.3 Å². The van der Waals surface area contributed by atoms with Gasteiger partial charge in [-0.3, -0.25) is 9.89 Å². The van der Waals surface area contributed by atoms with Crippen LogP contribution in [-0.2, 0) is 6.42 Å². The molecule has 0 aliphatic carbocycles. The van der Waals surface area contributed by atoms with Crippen LogP contribution in [0.25, 0.3) is 22.8 Å². The lowest BCUT2D eigenvalue weighted by molar-refractivity contribution is 0.0662. The number of likely N-dealkylation sites (tertiary alicyclic amines) is 1. The number of amides is 1. The molecule has 0 bridgehead atoms. The Morgan fingerprint density at radius 1 is 1.26 bits per heavy atom. The number of hydrogen-bond acceptors (Lipinski definition) is 6. The maximum Gasteiger partial charge on any atom is 0.274 e. The van der Waals surface area contributed by atoms with Crippen molar-refractivity contribution < 1.29 is 13.7 Å². The molecular formula is C23H23N5O3. The number of carbonyl (C=O) groups is 1. The van der Waals surface area contributed by atoms with Crippen LogP contribution < -0.4 is 0 Å². The standard InChI is InChI=1S/C23H23N5O3/c1-15-6-2-3-8-17(15)22-24-21(31-27-22)12-16-7-4-10-28(14-16)23(29)19-13-18(25-26-19)20-9-5-11-30-20/h2-3,5-6,8-9,11,13,16H,4,7,10,12,14H2,1H3,(H,25,26). The second-order valence-corrected chi connectivity index (χ2v) is 7.93. The molecule has 1 aliphatic heterocycles. The van der Waals surface area contributed by atoms with Gasteiger partial charge in [0.1, 0.15) is 5.69 Å². The number of carbonyl (C=O) groups excluding carboxylic acids is 1. The molecular weight excluding hydrogens is 394 g/mol. The summed E-state index contributed by atoms with van der Waals surface area (Å²) in [7, 11) is 0. The third-order valence-corrected chi connectivity index (χ3v) is 5.71. The number of nitrogens with zero attached hydrogens (tertiary/aromatic N) is 4. The van der Waals surface area contributed by atoms with Crippen LogP contribution in [0.2, 0.25) is 0 Å². The predicted octanol–water partition coefficient (Wildman–Crippen LogP) is 4.12. The van der Waals surface area contributed by atoms with Crippen molar-refractivity contribution in [3.63, 3.8) is 0 Å². The van der Waals surface area contributed by atoms with Gasteiger partial charge >= 0.3 is 0 Å². The van der Waals surface area contributed by atoms with Crippen LogP contribution in [0.3, 0.4) is 0 Å². The molecule has 1 aliphatic rings. The van der Waals surface area contributed by atoms with Gasteiger partial charge in [-0.05, 0) is 43.4 Å². The maximum atomic E-state index is 13.0. The van der Waals surface area contributed by atoms with Gasteiger partial charge in [0.05, 0.1) is 6.26 Å². The third kappa shape index (κ3) is 4.01. The van der Waals surface area contributed by atoms with E-state index in [1.165, 1.54) is 0 Å². The molecule has 1 N–H and O–H groups in total. The molecule has 31 heavy (non-hydrogen) atoms. The number of hydrogen-bond donors (Lipinski definition) is 1. The molecule has 3 aromatic heterocycles. The minimum atomic E-state index is -0.0788. The molecule has 8 heteroatoms. The number of H-pyrrole nitrogens is 1. The smallest absolute Gasteiger partial charge is 0.274 e. The molecule has 8 nitrogen and oxygen atoms in total. The Hall–Kier alpha value is -3.68. The van der Waals surface area contributed by atoms with E-state index >= 15 is 0 Å². The summed E-state index contributed by atoms with van der Waals surface area (Å²) in [6, 6.07) is 13.3. The summed E-state index contributed by atoms with van der Waals surface area (Å²) < 4.78 is 10.9. The monoisotopic (exact) mass is 417 g/mol. The first-order valence-corrected chi connectivity index (χ1v) is 10.4. The van der Waals surface area contributed by atoms with E-state index in [-0.39, 0.29) is 11.8 Å². The van der Waals surface area contributed by atoms with Crippen molar-refractivity contribution in [2.75, 3.05) is 13.1 Å². The summed E-state index contributed by atoms with van der Waals surface area (Å²) in [6.45, 7) is 3.39. The van der Waals surface area contributed by atoms with Crippen LogP contribution in [0.5, 0.6) is 0 Å². The lowest BCUT2D eigenvalue weighted by Gasteiger charge is -2.31. The van der Waals surface area contributed by atoms with Crippen LogP contribution in [-0.4, -0.2) is 44.2 Å². The van der Waals surface area contributed by atoms with Gasteiger partial charge < -0.3 is 13.8 Å². The number of aromatic nitrogens is 4. The summed E-state index contributed by atoms with van der Waals surface area (Å²) in [5.74, 6) is 2.07. The lowest BCUT2D eigenvalue weighted by atomic mass is 9.94. The molecule has 0 radical (unpaired) electrons. The zero-order valence-electron chi connectivity index (χ0n) is 17.2. The average Bonchev–Trinajstić information content (AvgIpc) is 3.55. The van der Waals surface area contributed by atoms with Crippen molar-refractivity contribution in [1.82, 2.24) is 25.2 Å². The largest absolute Gasteiger partial charge is 0.463 e. The zero-order valence-corrected chi connectivity index (χ0v) is 17.2. The van der Waals surface area contributed by atoms with Crippen molar-refractivity contribution in [3.05, 3.63) is 65.9 Å². The Kier molecular flexibility index (Phi) is 5.11. The van der Waals surface area contributed by atoms with Gasteiger partial charge in [0.15, 0.2) is 11.5 Å². The van der Waals surface area contributed by atoms with Crippen molar-refractivity contribution in [2.45, 2.75) is 26.2 Å². The van der Waals surface area contributed by atoms with Gasteiger partial charge in [-0.1, -0.05) is 29.4 Å². The fraction of sp³-hybridized carbons (Fsp3) is 0.304. The summed E-state index contributed by atoms with van der Waals surface area (Å²) >= 11 is 0. The van der Waals surface area contributed by atoms with Crippen LogP contribution in [0.15, 0.2) is 57.7 Å². The number of nitrogens with one attached hydrogen (secondary N) is 1. The van der Waals surface area contributed by atoms with Crippen LogP contribution >= 0.6 is 0 Å². The number of piperidine rings is 1.